The van der Waals surface area contributed by atoms with Crippen molar-refractivity contribution in [2.45, 2.75) is 30.6 Å². The molecule has 0 saturated carbocycles. The summed E-state index contributed by atoms with van der Waals surface area (Å²) in [6.45, 7) is 1.79. The lowest BCUT2D eigenvalue weighted by atomic mass is 9.89. The topological polar surface area (TPSA) is 57.7 Å². The van der Waals surface area contributed by atoms with Crippen LogP contribution in [0.1, 0.15) is 46.4 Å². The van der Waals surface area contributed by atoms with Crippen molar-refractivity contribution < 1.29 is 14.4 Å². The highest BCUT2D eigenvalue weighted by Gasteiger charge is 2.31. The van der Waals surface area contributed by atoms with E-state index in [0.29, 0.717) is 31.6 Å². The average molecular weight is 423 g/mol. The minimum atomic E-state index is -0.181. The first kappa shape index (κ1) is 20.7. The molecule has 2 aromatic rings. The van der Waals surface area contributed by atoms with Gasteiger partial charge < -0.3 is 9.80 Å². The lowest BCUT2D eigenvalue weighted by Gasteiger charge is -2.32. The molecule has 156 valence electrons. The highest BCUT2D eigenvalue weighted by Crippen LogP contribution is 2.28. The summed E-state index contributed by atoms with van der Waals surface area (Å²) >= 11 is 1.57. The lowest BCUT2D eigenvalue weighted by Crippen LogP contribution is -2.42. The number of anilines is 1. The maximum Gasteiger partial charge on any atom is 0.253 e. The van der Waals surface area contributed by atoms with Gasteiger partial charge in [-0.15, -0.1) is 11.8 Å². The monoisotopic (exact) mass is 422 g/mol. The van der Waals surface area contributed by atoms with Gasteiger partial charge in [-0.25, -0.2) is 0 Å². The van der Waals surface area contributed by atoms with Crippen LogP contribution < -0.4 is 4.90 Å². The Morgan fingerprint density at radius 2 is 1.87 bits per heavy atom. The predicted molar refractivity (Wildman–Crippen MR) is 119 cm³/mol. The standard InChI is InChI=1S/C24H26N2O3S/c1-30-21-11-3-2-10-20(21)23(28)18-8-5-13-25(16-18)24(29)17-7-4-9-19(15-17)26-14-6-12-22(26)27/h2-4,7,9-11,15,18H,5-6,8,12-14,16H2,1H3/t18-/m1/s1. The summed E-state index contributed by atoms with van der Waals surface area (Å²) in [5.74, 6) is -0.0250. The van der Waals surface area contributed by atoms with Crippen LogP contribution in [0.2, 0.25) is 0 Å². The number of hydrogen-bond acceptors (Lipinski definition) is 4. The molecule has 2 heterocycles. The highest BCUT2D eigenvalue weighted by atomic mass is 32.2. The van der Waals surface area contributed by atoms with Crippen molar-refractivity contribution in [1.29, 1.82) is 0 Å². The molecule has 0 unspecified atom stereocenters. The average Bonchev–Trinajstić information content (AvgIpc) is 3.24. The number of Topliss-reactive ketones (excluding diaryl/α,β-unsaturated/α-hetero) is 1. The predicted octanol–water partition coefficient (Wildman–Crippen LogP) is 4.27. The summed E-state index contributed by atoms with van der Waals surface area (Å²) in [7, 11) is 0. The SMILES string of the molecule is CSc1ccccc1C(=O)[C@@H]1CCCN(C(=O)c2cccc(N3CCCC3=O)c2)C1. The molecule has 2 saturated heterocycles. The van der Waals surface area contributed by atoms with Crippen molar-refractivity contribution in [3.63, 3.8) is 0 Å². The summed E-state index contributed by atoms with van der Waals surface area (Å²) in [5, 5.41) is 0. The molecule has 6 heteroatoms. The van der Waals surface area contributed by atoms with Gasteiger partial charge in [-0.2, -0.15) is 0 Å². The largest absolute Gasteiger partial charge is 0.338 e. The highest BCUT2D eigenvalue weighted by molar-refractivity contribution is 7.98. The molecule has 2 fully saturated rings. The smallest absolute Gasteiger partial charge is 0.253 e. The molecule has 0 aromatic heterocycles. The second-order valence-corrected chi connectivity index (χ2v) is 8.70. The Bertz CT molecular complexity index is 974. The Kier molecular flexibility index (Phi) is 6.23. The number of piperidine rings is 1. The number of hydrogen-bond donors (Lipinski definition) is 0. The first-order valence-corrected chi connectivity index (χ1v) is 11.7. The van der Waals surface area contributed by atoms with Crippen LogP contribution in [0.4, 0.5) is 5.69 Å². The summed E-state index contributed by atoms with van der Waals surface area (Å²) in [4.78, 5) is 42.9. The zero-order valence-corrected chi connectivity index (χ0v) is 18.0. The van der Waals surface area contributed by atoms with E-state index in [4.69, 9.17) is 0 Å². The van der Waals surface area contributed by atoms with Crippen LogP contribution in [0, 0.1) is 5.92 Å². The maximum absolute atomic E-state index is 13.2. The summed E-state index contributed by atoms with van der Waals surface area (Å²) in [6.07, 6.45) is 5.00. The number of benzene rings is 2. The number of nitrogens with zero attached hydrogens (tertiary/aromatic N) is 2. The van der Waals surface area contributed by atoms with E-state index < -0.39 is 0 Å². The van der Waals surface area contributed by atoms with Gasteiger partial charge in [0.25, 0.3) is 5.91 Å². The van der Waals surface area contributed by atoms with E-state index in [0.717, 1.165) is 35.4 Å². The molecule has 0 radical (unpaired) electrons. The molecule has 0 aliphatic carbocycles. The van der Waals surface area contributed by atoms with Crippen molar-refractivity contribution in [2.75, 3.05) is 30.8 Å². The number of carbonyl (C=O) groups excluding carboxylic acids is 3. The minimum Gasteiger partial charge on any atom is -0.338 e. The van der Waals surface area contributed by atoms with E-state index in [1.165, 1.54) is 0 Å². The summed E-state index contributed by atoms with van der Waals surface area (Å²) < 4.78 is 0. The van der Waals surface area contributed by atoms with E-state index >= 15 is 0 Å². The lowest BCUT2D eigenvalue weighted by molar-refractivity contribution is -0.117. The van der Waals surface area contributed by atoms with E-state index in [1.807, 2.05) is 42.7 Å². The molecule has 2 aromatic carbocycles. The number of ketones is 1. The second-order valence-electron chi connectivity index (χ2n) is 7.85. The van der Waals surface area contributed by atoms with Crippen LogP contribution in [0.5, 0.6) is 0 Å². The van der Waals surface area contributed by atoms with Gasteiger partial charge in [0.1, 0.15) is 0 Å². The Morgan fingerprint density at radius 3 is 2.63 bits per heavy atom. The Labute approximate surface area is 181 Å². The number of amides is 2. The van der Waals surface area contributed by atoms with Gasteiger partial charge in [0, 0.05) is 53.7 Å². The third-order valence-electron chi connectivity index (χ3n) is 5.93. The molecular weight excluding hydrogens is 396 g/mol. The summed E-state index contributed by atoms with van der Waals surface area (Å²) in [5.41, 5.74) is 2.10. The molecule has 30 heavy (non-hydrogen) atoms. The number of likely N-dealkylation sites (tertiary alicyclic amines) is 1. The zero-order chi connectivity index (χ0) is 21.1. The van der Waals surface area contributed by atoms with Gasteiger partial charge in [0.2, 0.25) is 5.91 Å². The van der Waals surface area contributed by atoms with Gasteiger partial charge in [0.15, 0.2) is 5.78 Å². The molecule has 0 bridgehead atoms. The van der Waals surface area contributed by atoms with Crippen molar-refractivity contribution >= 4 is 35.0 Å². The van der Waals surface area contributed by atoms with E-state index in [1.54, 1.807) is 33.7 Å². The molecule has 0 N–H and O–H groups in total. The van der Waals surface area contributed by atoms with E-state index in [2.05, 4.69) is 0 Å². The van der Waals surface area contributed by atoms with Gasteiger partial charge >= 0.3 is 0 Å². The quantitative estimate of drug-likeness (QED) is 0.533. The fourth-order valence-corrected chi connectivity index (χ4v) is 4.96. The first-order valence-electron chi connectivity index (χ1n) is 10.5. The van der Waals surface area contributed by atoms with Crippen molar-refractivity contribution in [3.05, 3.63) is 59.7 Å². The molecule has 1 atom stereocenters. The molecular formula is C24H26N2O3S. The van der Waals surface area contributed by atoms with Crippen LogP contribution in [0.3, 0.4) is 0 Å². The van der Waals surface area contributed by atoms with Crippen molar-refractivity contribution in [2.24, 2.45) is 5.92 Å². The second kappa shape index (κ2) is 9.04. The molecule has 5 nitrogen and oxygen atoms in total. The van der Waals surface area contributed by atoms with E-state index in [-0.39, 0.29) is 23.5 Å². The van der Waals surface area contributed by atoms with Crippen LogP contribution in [0.25, 0.3) is 0 Å². The van der Waals surface area contributed by atoms with Crippen LogP contribution >= 0.6 is 11.8 Å². The van der Waals surface area contributed by atoms with E-state index in [9.17, 15) is 14.4 Å². The molecule has 2 aliphatic rings. The third-order valence-corrected chi connectivity index (χ3v) is 6.73. The number of carbonyl (C=O) groups is 3. The van der Waals surface area contributed by atoms with Gasteiger partial charge in [-0.05, 0) is 49.8 Å². The fraction of sp³-hybridized carbons (Fsp3) is 0.375. The van der Waals surface area contributed by atoms with Crippen LogP contribution in [0.15, 0.2) is 53.4 Å². The number of thioether (sulfide) groups is 1. The normalized spacial score (nSPS) is 19.2. The zero-order valence-electron chi connectivity index (χ0n) is 17.2. The Balaban J connectivity index is 1.50. The fourth-order valence-electron chi connectivity index (χ4n) is 4.35. The van der Waals surface area contributed by atoms with Crippen molar-refractivity contribution in [3.8, 4) is 0 Å². The molecule has 2 amide bonds. The Hall–Kier alpha value is -2.60. The molecule has 4 rings (SSSR count). The van der Waals surface area contributed by atoms with Gasteiger partial charge in [0.05, 0.1) is 0 Å². The van der Waals surface area contributed by atoms with Crippen LogP contribution in [-0.2, 0) is 4.79 Å². The first-order chi connectivity index (χ1) is 14.6. The third kappa shape index (κ3) is 4.15. The number of rotatable bonds is 5. The van der Waals surface area contributed by atoms with Crippen molar-refractivity contribution in [1.82, 2.24) is 4.90 Å². The molecule has 2 aliphatic heterocycles. The van der Waals surface area contributed by atoms with Gasteiger partial charge in [-0.1, -0.05) is 24.3 Å². The minimum absolute atomic E-state index is 0.0702. The van der Waals surface area contributed by atoms with Crippen LogP contribution in [-0.4, -0.2) is 48.4 Å². The van der Waals surface area contributed by atoms with Gasteiger partial charge in [-0.3, -0.25) is 14.4 Å². The Morgan fingerprint density at radius 1 is 1.03 bits per heavy atom. The summed E-state index contributed by atoms with van der Waals surface area (Å²) in [6, 6.07) is 15.0. The maximum atomic E-state index is 13.2. The molecule has 0 spiro atoms.